The highest BCUT2D eigenvalue weighted by atomic mass is 32.1. The molecule has 2 fully saturated rings. The molecule has 1 aliphatic carbocycles. The average Bonchev–Trinajstić information content (AvgIpc) is 4.10. The molecule has 6 heterocycles. The fourth-order valence-corrected chi connectivity index (χ4v) is 12.9. The summed E-state index contributed by atoms with van der Waals surface area (Å²) < 4.78 is 14.9. The molecule has 4 aromatic heterocycles. The first kappa shape index (κ1) is 42.2. The number of benzene rings is 4. The molecule has 0 unspecified atom stereocenters. The molecule has 1 saturated carbocycles. The molecule has 1 spiro atoms. The summed E-state index contributed by atoms with van der Waals surface area (Å²) in [7, 11) is 0. The fraction of sp³-hybridized carbons (Fsp3) is 0.302. The van der Waals surface area contributed by atoms with Crippen LogP contribution in [0.3, 0.4) is 0 Å². The normalized spacial score (nSPS) is 17.0. The number of hydrogen-bond donors (Lipinski definition) is 2. The number of phenolic OH excluding ortho intramolecular Hbond substituents is 2. The molecule has 11 rings (SSSR count). The van der Waals surface area contributed by atoms with Gasteiger partial charge in [0.15, 0.2) is 17.5 Å². The number of thiophene rings is 2. The van der Waals surface area contributed by atoms with Crippen LogP contribution in [-0.4, -0.2) is 72.6 Å². The highest BCUT2D eigenvalue weighted by molar-refractivity contribution is 7.22. The average molecular weight is 915 g/mol. The number of fused-ring (bicyclic) bond motifs is 4. The summed E-state index contributed by atoms with van der Waals surface area (Å²) in [5, 5.41) is 31.0. The number of oxazole rings is 1. The summed E-state index contributed by atoms with van der Waals surface area (Å²) in [5.41, 5.74) is 8.30. The van der Waals surface area contributed by atoms with E-state index in [1.54, 1.807) is 54.1 Å². The molecule has 1 saturated heterocycles. The number of aryl methyl sites for hydroxylation is 2. The summed E-state index contributed by atoms with van der Waals surface area (Å²) in [6.45, 7) is 10.0. The maximum Gasteiger partial charge on any atom is 0.196 e. The molecule has 4 aromatic carbocycles. The lowest BCUT2D eigenvalue weighted by Gasteiger charge is -2.52. The van der Waals surface area contributed by atoms with Gasteiger partial charge >= 0.3 is 0 Å². The first-order valence-electron chi connectivity index (χ1n) is 22.7. The largest absolute Gasteiger partial charge is 0.508 e. The number of piperidine rings is 1. The maximum absolute atomic E-state index is 14.0. The predicted molar refractivity (Wildman–Crippen MR) is 259 cm³/mol. The van der Waals surface area contributed by atoms with E-state index in [1.165, 1.54) is 53.0 Å². The van der Waals surface area contributed by atoms with Crippen LogP contribution in [0.15, 0.2) is 113 Å². The van der Waals surface area contributed by atoms with Gasteiger partial charge in [-0.25, -0.2) is 4.98 Å². The molecule has 66 heavy (non-hydrogen) atoms. The molecule has 334 valence electrons. The topological polar surface area (TPSA) is 139 Å². The zero-order valence-electron chi connectivity index (χ0n) is 37.2. The number of nitrogens with zero attached hydrogens (tertiary/aromatic N) is 6. The summed E-state index contributed by atoms with van der Waals surface area (Å²) in [6.07, 6.45) is 9.91. The van der Waals surface area contributed by atoms with Gasteiger partial charge in [-0.2, -0.15) is 0 Å². The SMILES string of the molecule is Cc1sc2c(c1C)C(c1ccc(CC3CC4(CCN(CCOc5ccc(C(=O)c6c(-c7ccc(O)cc7)sc7cc(O)ccc67)cc5)CC4)C3)cc1)=N[C@@H](Cc1ncco1)c1nnc(C)n1-2. The van der Waals surface area contributed by atoms with Crippen molar-refractivity contribution in [3.05, 3.63) is 159 Å². The number of carbonyl (C=O) groups is 1. The first-order valence-corrected chi connectivity index (χ1v) is 24.3. The lowest BCUT2D eigenvalue weighted by molar-refractivity contribution is -0.0150. The van der Waals surface area contributed by atoms with Gasteiger partial charge in [-0.1, -0.05) is 24.3 Å². The molecule has 13 heteroatoms. The van der Waals surface area contributed by atoms with Gasteiger partial charge in [0, 0.05) is 48.6 Å². The van der Waals surface area contributed by atoms with Gasteiger partial charge in [-0.15, -0.1) is 32.9 Å². The number of hydrogen-bond acceptors (Lipinski definition) is 12. The lowest BCUT2D eigenvalue weighted by atomic mass is 9.56. The Kier molecular flexibility index (Phi) is 10.9. The number of likely N-dealkylation sites (tertiary alicyclic amines) is 1. The Balaban J connectivity index is 0.682. The Morgan fingerprint density at radius 1 is 0.864 bits per heavy atom. The summed E-state index contributed by atoms with van der Waals surface area (Å²) in [5.74, 6) is 3.95. The summed E-state index contributed by atoms with van der Waals surface area (Å²) in [6, 6.07) is 28.2. The van der Waals surface area contributed by atoms with Crippen molar-refractivity contribution in [2.24, 2.45) is 16.3 Å². The van der Waals surface area contributed by atoms with Crippen molar-refractivity contribution in [1.29, 1.82) is 0 Å². The quantitative estimate of drug-likeness (QED) is 0.115. The lowest BCUT2D eigenvalue weighted by Crippen LogP contribution is -2.48. The van der Waals surface area contributed by atoms with Gasteiger partial charge < -0.3 is 19.4 Å². The highest BCUT2D eigenvalue weighted by Crippen LogP contribution is 2.53. The second kappa shape index (κ2) is 17.1. The van der Waals surface area contributed by atoms with Gasteiger partial charge in [0.25, 0.3) is 0 Å². The van der Waals surface area contributed by atoms with E-state index in [4.69, 9.17) is 14.1 Å². The molecular formula is C53H50N6O5S2. The van der Waals surface area contributed by atoms with E-state index >= 15 is 0 Å². The second-order valence-electron chi connectivity index (χ2n) is 18.3. The molecule has 11 nitrogen and oxygen atoms in total. The van der Waals surface area contributed by atoms with E-state index in [9.17, 15) is 15.0 Å². The molecule has 0 bridgehead atoms. The first-order chi connectivity index (χ1) is 32.1. The molecule has 8 aromatic rings. The van der Waals surface area contributed by atoms with Crippen molar-refractivity contribution in [2.45, 2.75) is 65.3 Å². The van der Waals surface area contributed by atoms with Crippen molar-refractivity contribution in [3.63, 3.8) is 0 Å². The predicted octanol–water partition coefficient (Wildman–Crippen LogP) is 11.0. The number of ether oxygens (including phenoxy) is 1. The molecule has 0 amide bonds. The number of ketones is 1. The van der Waals surface area contributed by atoms with Crippen molar-refractivity contribution in [3.8, 4) is 32.7 Å². The van der Waals surface area contributed by atoms with Crippen LogP contribution in [0, 0.1) is 32.1 Å². The summed E-state index contributed by atoms with van der Waals surface area (Å²) in [4.78, 5) is 28.4. The molecular weight excluding hydrogens is 865 g/mol. The standard InChI is InChI=1S/C53H50N6O5S2/c1-31-32(2)65-52-46(31)48(55-43(28-45-54-20-24-64-45)51-57-56-33(3)59(51)52)36-6-4-34(5-7-36)26-35-29-53(30-35)18-21-58(22-19-53)23-25-63-41-15-10-37(11-16-41)49(62)47-42-17-14-40(61)27-44(42)66-50(47)38-8-12-39(60)13-9-38/h4-17,20,24,27,35,43,60-61H,18-19,21-23,25-26,28-30H2,1-3H3/t43-/m0/s1. The smallest absolute Gasteiger partial charge is 0.196 e. The Hall–Kier alpha value is -6.41. The van der Waals surface area contributed by atoms with Crippen LogP contribution >= 0.6 is 22.7 Å². The van der Waals surface area contributed by atoms with Gasteiger partial charge in [-0.05, 0) is 161 Å². The minimum absolute atomic E-state index is 0.0969. The van der Waals surface area contributed by atoms with Crippen LogP contribution in [0.2, 0.25) is 0 Å². The Bertz CT molecular complexity index is 3100. The number of phenols is 2. The van der Waals surface area contributed by atoms with Gasteiger partial charge in [0.05, 0.1) is 18.3 Å². The molecule has 2 aliphatic heterocycles. The Morgan fingerprint density at radius 3 is 2.35 bits per heavy atom. The van der Waals surface area contributed by atoms with Gasteiger partial charge in [0.2, 0.25) is 0 Å². The van der Waals surface area contributed by atoms with E-state index in [2.05, 4.69) is 62.8 Å². The monoisotopic (exact) mass is 914 g/mol. The Labute approximate surface area is 391 Å². The van der Waals surface area contributed by atoms with Crippen LogP contribution < -0.4 is 4.74 Å². The number of aromatic nitrogens is 4. The number of aliphatic imine (C=N–C) groups is 1. The minimum atomic E-state index is -0.286. The van der Waals surface area contributed by atoms with Crippen molar-refractivity contribution in [2.75, 3.05) is 26.2 Å². The van der Waals surface area contributed by atoms with Crippen molar-refractivity contribution in [1.82, 2.24) is 24.6 Å². The molecule has 2 N–H and O–H groups in total. The van der Waals surface area contributed by atoms with E-state index in [0.717, 1.165) is 85.8 Å². The van der Waals surface area contributed by atoms with Gasteiger partial charge in [0.1, 0.15) is 47.0 Å². The van der Waals surface area contributed by atoms with Crippen LogP contribution in [0.25, 0.3) is 25.5 Å². The fourth-order valence-electron chi connectivity index (χ4n) is 10.4. The third-order valence-corrected chi connectivity index (χ3v) is 16.4. The molecule has 1 atom stereocenters. The molecule has 3 aliphatic rings. The van der Waals surface area contributed by atoms with E-state index in [0.29, 0.717) is 41.4 Å². The van der Waals surface area contributed by atoms with Crippen LogP contribution in [-0.2, 0) is 12.8 Å². The molecule has 0 radical (unpaired) electrons. The summed E-state index contributed by atoms with van der Waals surface area (Å²) >= 11 is 3.23. The second-order valence-corrected chi connectivity index (χ2v) is 20.5. The van der Waals surface area contributed by atoms with Crippen LogP contribution in [0.4, 0.5) is 0 Å². The van der Waals surface area contributed by atoms with Crippen LogP contribution in [0.1, 0.15) is 92.3 Å². The number of rotatable bonds is 12. The van der Waals surface area contributed by atoms with Crippen LogP contribution in [0.5, 0.6) is 17.2 Å². The zero-order chi connectivity index (χ0) is 45.1. The number of carbonyl (C=O) groups excluding carboxylic acids is 1. The van der Waals surface area contributed by atoms with E-state index in [-0.39, 0.29) is 23.3 Å². The van der Waals surface area contributed by atoms with E-state index in [1.807, 2.05) is 43.3 Å². The Morgan fingerprint density at radius 2 is 1.61 bits per heavy atom. The third kappa shape index (κ3) is 7.92. The third-order valence-electron chi connectivity index (χ3n) is 14.0. The van der Waals surface area contributed by atoms with Gasteiger partial charge in [-0.3, -0.25) is 19.3 Å². The zero-order valence-corrected chi connectivity index (χ0v) is 38.8. The van der Waals surface area contributed by atoms with Crippen molar-refractivity contribution >= 4 is 44.3 Å². The van der Waals surface area contributed by atoms with E-state index < -0.39 is 0 Å². The maximum atomic E-state index is 14.0. The number of aromatic hydroxyl groups is 2. The minimum Gasteiger partial charge on any atom is -0.508 e. The highest BCUT2D eigenvalue weighted by Gasteiger charge is 2.45. The van der Waals surface area contributed by atoms with Crippen molar-refractivity contribution < 1.29 is 24.2 Å².